The van der Waals surface area contributed by atoms with Crippen LogP contribution in [-0.4, -0.2) is 22.5 Å². The van der Waals surface area contributed by atoms with Crippen molar-refractivity contribution >= 4 is 22.8 Å². The monoisotopic (exact) mass is 413 g/mol. The Morgan fingerprint density at radius 3 is 2.48 bits per heavy atom. The minimum Gasteiger partial charge on any atom is -0.494 e. The predicted molar refractivity (Wildman–Crippen MR) is 115 cm³/mol. The highest BCUT2D eigenvalue weighted by Gasteiger charge is 2.44. The first-order valence-corrected chi connectivity index (χ1v) is 10.1. The fourth-order valence-electron chi connectivity index (χ4n) is 3.82. The molecule has 7 heteroatoms. The van der Waals surface area contributed by atoms with E-state index in [1.165, 1.54) is 4.90 Å². The Morgan fingerprint density at radius 2 is 1.74 bits per heavy atom. The highest BCUT2D eigenvalue weighted by molar-refractivity contribution is 6.09. The van der Waals surface area contributed by atoms with Crippen LogP contribution in [0.1, 0.15) is 41.1 Å². The fourth-order valence-corrected chi connectivity index (χ4v) is 3.82. The Labute approximate surface area is 177 Å². The largest absolute Gasteiger partial charge is 0.494 e. The Kier molecular flexibility index (Phi) is 4.71. The van der Waals surface area contributed by atoms with Crippen LogP contribution in [0.4, 0.5) is 5.95 Å². The highest BCUT2D eigenvalue weighted by Crippen LogP contribution is 2.40. The van der Waals surface area contributed by atoms with Crippen molar-refractivity contribution in [2.75, 3.05) is 11.5 Å². The van der Waals surface area contributed by atoms with E-state index in [-0.39, 0.29) is 17.1 Å². The van der Waals surface area contributed by atoms with Crippen LogP contribution in [0.25, 0.3) is 11.0 Å². The molecule has 5 rings (SSSR count). The maximum Gasteiger partial charge on any atom is 0.297 e. The number of ether oxygens (including phenoxy) is 1. The molecular weight excluding hydrogens is 394 g/mol. The standard InChI is InChI=1S/C24H19N3O4/c1-2-14-30-16-10-8-15(9-11-16)20-19-21(28)17-6-3-4-7-18(17)31-22(19)23(29)27(20)24-25-12-5-13-26-24/h3-13,20H,2,14H2,1H3. The third kappa shape index (κ3) is 3.15. The number of benzene rings is 2. The van der Waals surface area contributed by atoms with E-state index in [1.807, 2.05) is 31.2 Å². The van der Waals surface area contributed by atoms with E-state index in [0.717, 1.165) is 17.7 Å². The van der Waals surface area contributed by atoms with Gasteiger partial charge in [-0.15, -0.1) is 0 Å². The van der Waals surface area contributed by atoms with Gasteiger partial charge in [0, 0.05) is 12.4 Å². The molecule has 0 N–H and O–H groups in total. The molecule has 0 aliphatic carbocycles. The Morgan fingerprint density at radius 1 is 1.00 bits per heavy atom. The van der Waals surface area contributed by atoms with Crippen LogP contribution in [0.5, 0.6) is 5.75 Å². The van der Waals surface area contributed by atoms with E-state index in [2.05, 4.69) is 9.97 Å². The van der Waals surface area contributed by atoms with Crippen molar-refractivity contribution in [3.8, 4) is 5.75 Å². The van der Waals surface area contributed by atoms with Crippen molar-refractivity contribution < 1.29 is 13.9 Å². The average Bonchev–Trinajstić information content (AvgIpc) is 3.11. The molecule has 7 nitrogen and oxygen atoms in total. The summed E-state index contributed by atoms with van der Waals surface area (Å²) in [6.45, 7) is 2.65. The zero-order valence-electron chi connectivity index (χ0n) is 16.8. The summed E-state index contributed by atoms with van der Waals surface area (Å²) in [4.78, 5) is 36.7. The zero-order chi connectivity index (χ0) is 21.4. The van der Waals surface area contributed by atoms with Crippen molar-refractivity contribution in [2.24, 2.45) is 0 Å². The number of carbonyl (C=O) groups is 1. The van der Waals surface area contributed by atoms with Gasteiger partial charge in [0.1, 0.15) is 11.3 Å². The maximum atomic E-state index is 13.4. The Balaban J connectivity index is 1.71. The lowest BCUT2D eigenvalue weighted by atomic mass is 9.98. The van der Waals surface area contributed by atoms with Gasteiger partial charge in [-0.3, -0.25) is 14.5 Å². The minimum absolute atomic E-state index is 0.0208. The van der Waals surface area contributed by atoms with Gasteiger partial charge in [0.25, 0.3) is 5.91 Å². The molecule has 1 unspecified atom stereocenters. The second-order valence-corrected chi connectivity index (χ2v) is 7.21. The van der Waals surface area contributed by atoms with E-state index in [4.69, 9.17) is 9.15 Å². The van der Waals surface area contributed by atoms with Crippen molar-refractivity contribution in [3.63, 3.8) is 0 Å². The van der Waals surface area contributed by atoms with E-state index in [9.17, 15) is 9.59 Å². The van der Waals surface area contributed by atoms with Crippen molar-refractivity contribution in [1.82, 2.24) is 9.97 Å². The number of hydrogen-bond acceptors (Lipinski definition) is 6. The second-order valence-electron chi connectivity index (χ2n) is 7.21. The normalized spacial score (nSPS) is 15.3. The lowest BCUT2D eigenvalue weighted by Gasteiger charge is -2.23. The number of carbonyl (C=O) groups excluding carboxylic acids is 1. The molecule has 1 amide bonds. The van der Waals surface area contributed by atoms with Crippen LogP contribution >= 0.6 is 0 Å². The summed E-state index contributed by atoms with van der Waals surface area (Å²) in [5.74, 6) is 0.509. The first-order valence-electron chi connectivity index (χ1n) is 10.1. The van der Waals surface area contributed by atoms with Gasteiger partial charge in [-0.2, -0.15) is 0 Å². The van der Waals surface area contributed by atoms with E-state index >= 15 is 0 Å². The molecule has 0 radical (unpaired) electrons. The topological polar surface area (TPSA) is 85.5 Å². The van der Waals surface area contributed by atoms with Gasteiger partial charge in [0.2, 0.25) is 11.7 Å². The molecule has 154 valence electrons. The summed E-state index contributed by atoms with van der Waals surface area (Å²) < 4.78 is 11.6. The van der Waals surface area contributed by atoms with Gasteiger partial charge in [-0.25, -0.2) is 9.97 Å². The van der Waals surface area contributed by atoms with Crippen LogP contribution in [0, 0.1) is 0 Å². The summed E-state index contributed by atoms with van der Waals surface area (Å²) in [6.07, 6.45) is 4.02. The molecule has 4 aromatic rings. The number of aromatic nitrogens is 2. The molecule has 0 saturated carbocycles. The Bertz CT molecular complexity index is 1320. The number of nitrogens with zero attached hydrogens (tertiary/aromatic N) is 3. The van der Waals surface area contributed by atoms with Gasteiger partial charge in [0.05, 0.1) is 23.6 Å². The van der Waals surface area contributed by atoms with Crippen LogP contribution < -0.4 is 15.1 Å². The minimum atomic E-state index is -0.703. The number of amides is 1. The van der Waals surface area contributed by atoms with Crippen LogP contribution in [0.2, 0.25) is 0 Å². The molecule has 2 aromatic carbocycles. The van der Waals surface area contributed by atoms with Gasteiger partial charge in [-0.1, -0.05) is 31.2 Å². The van der Waals surface area contributed by atoms with E-state index in [1.54, 1.807) is 42.7 Å². The first kappa shape index (κ1) is 19.0. The molecule has 1 aliphatic rings. The van der Waals surface area contributed by atoms with Gasteiger partial charge >= 0.3 is 0 Å². The fraction of sp³-hybridized carbons (Fsp3) is 0.167. The number of anilines is 1. The van der Waals surface area contributed by atoms with Gasteiger partial charge in [0.15, 0.2) is 5.43 Å². The molecule has 0 spiro atoms. The van der Waals surface area contributed by atoms with E-state index < -0.39 is 11.9 Å². The summed E-state index contributed by atoms with van der Waals surface area (Å²) >= 11 is 0. The predicted octanol–water partition coefficient (Wildman–Crippen LogP) is 4.12. The number of rotatable bonds is 5. The van der Waals surface area contributed by atoms with Crippen LogP contribution in [0.15, 0.2) is 76.2 Å². The molecular formula is C24H19N3O4. The summed E-state index contributed by atoms with van der Waals surface area (Å²) in [5.41, 5.74) is 1.17. The first-order chi connectivity index (χ1) is 15.2. The van der Waals surface area contributed by atoms with Crippen molar-refractivity contribution in [1.29, 1.82) is 0 Å². The third-order valence-corrected chi connectivity index (χ3v) is 5.21. The maximum absolute atomic E-state index is 13.4. The molecule has 3 heterocycles. The molecule has 1 atom stereocenters. The quantitative estimate of drug-likeness (QED) is 0.489. The molecule has 31 heavy (non-hydrogen) atoms. The second kappa shape index (κ2) is 7.68. The average molecular weight is 413 g/mol. The van der Waals surface area contributed by atoms with Crippen molar-refractivity contribution in [3.05, 3.63) is 94.1 Å². The van der Waals surface area contributed by atoms with Crippen molar-refractivity contribution in [2.45, 2.75) is 19.4 Å². The lowest BCUT2D eigenvalue weighted by molar-refractivity contribution is 0.0969. The van der Waals surface area contributed by atoms with Gasteiger partial charge < -0.3 is 9.15 Å². The van der Waals surface area contributed by atoms with Crippen LogP contribution in [-0.2, 0) is 0 Å². The SMILES string of the molecule is CCCOc1ccc(C2c3c(oc4ccccc4c3=O)C(=O)N2c2ncccn2)cc1. The Hall–Kier alpha value is -4.00. The summed E-state index contributed by atoms with van der Waals surface area (Å²) in [7, 11) is 0. The van der Waals surface area contributed by atoms with E-state index in [0.29, 0.717) is 23.1 Å². The van der Waals surface area contributed by atoms with Crippen LogP contribution in [0.3, 0.4) is 0 Å². The lowest BCUT2D eigenvalue weighted by Crippen LogP contribution is -2.31. The molecule has 1 aliphatic heterocycles. The number of fused-ring (bicyclic) bond motifs is 2. The number of hydrogen-bond donors (Lipinski definition) is 0. The molecule has 0 bridgehead atoms. The zero-order valence-corrected chi connectivity index (χ0v) is 16.8. The van der Waals surface area contributed by atoms with Gasteiger partial charge in [-0.05, 0) is 42.3 Å². The third-order valence-electron chi connectivity index (χ3n) is 5.21. The summed E-state index contributed by atoms with van der Waals surface area (Å²) in [6, 6.07) is 15.3. The number of para-hydroxylation sites is 1. The molecule has 0 saturated heterocycles. The molecule has 2 aromatic heterocycles. The summed E-state index contributed by atoms with van der Waals surface area (Å²) in [5, 5.41) is 0.428. The smallest absolute Gasteiger partial charge is 0.297 e. The highest BCUT2D eigenvalue weighted by atomic mass is 16.5. The molecule has 0 fully saturated rings.